The molecule has 38 heavy (non-hydrogen) atoms. The van der Waals surface area contributed by atoms with Gasteiger partial charge in [0.1, 0.15) is 0 Å². The average molecular weight is 598 g/mol. The van der Waals surface area contributed by atoms with Crippen LogP contribution in [0.25, 0.3) is 0 Å². The normalized spacial score (nSPS) is 19.7. The Balaban J connectivity index is 1.61. The molecule has 1 fully saturated rings. The summed E-state index contributed by atoms with van der Waals surface area (Å²) in [4.78, 5) is 44.5. The van der Waals surface area contributed by atoms with Crippen molar-refractivity contribution in [3.8, 4) is 0 Å². The Labute approximate surface area is 227 Å². The maximum Gasteiger partial charge on any atom is 0.417 e. The van der Waals surface area contributed by atoms with E-state index in [1.165, 1.54) is 24.0 Å². The summed E-state index contributed by atoms with van der Waals surface area (Å²) in [7, 11) is 0. The van der Waals surface area contributed by atoms with E-state index in [1.54, 1.807) is 4.57 Å². The highest BCUT2D eigenvalue weighted by atomic mass is 79.9. The van der Waals surface area contributed by atoms with Crippen LogP contribution in [0.2, 0.25) is 0 Å². The van der Waals surface area contributed by atoms with Gasteiger partial charge in [-0.25, -0.2) is 4.98 Å². The van der Waals surface area contributed by atoms with E-state index in [4.69, 9.17) is 4.98 Å². The summed E-state index contributed by atoms with van der Waals surface area (Å²) in [6, 6.07) is 3.42. The minimum absolute atomic E-state index is 0.00759. The molecule has 2 amide bonds. The number of hydrogen-bond acceptors (Lipinski definition) is 5. The summed E-state index contributed by atoms with van der Waals surface area (Å²) >= 11 is 2.90. The largest absolute Gasteiger partial charge is 0.417 e. The first-order valence-corrected chi connectivity index (χ1v) is 13.5. The van der Waals surface area contributed by atoms with E-state index in [2.05, 4.69) is 26.6 Å². The second kappa shape index (κ2) is 11.1. The van der Waals surface area contributed by atoms with Crippen LogP contribution < -0.4 is 16.2 Å². The van der Waals surface area contributed by atoms with E-state index in [-0.39, 0.29) is 59.1 Å². The van der Waals surface area contributed by atoms with E-state index < -0.39 is 17.6 Å². The van der Waals surface area contributed by atoms with E-state index in [1.807, 2.05) is 13.8 Å². The lowest BCUT2D eigenvalue weighted by Gasteiger charge is -2.34. The van der Waals surface area contributed by atoms with E-state index in [0.29, 0.717) is 30.0 Å². The molecule has 1 aromatic heterocycles. The van der Waals surface area contributed by atoms with Crippen molar-refractivity contribution >= 4 is 33.7 Å². The van der Waals surface area contributed by atoms with Gasteiger partial charge in [-0.1, -0.05) is 15.9 Å². The number of carbonyl (C=O) groups is 2. The first-order valence-electron chi connectivity index (χ1n) is 12.7. The Hall–Kier alpha value is -2.89. The number of hydrogen-bond donors (Lipinski definition) is 2. The summed E-state index contributed by atoms with van der Waals surface area (Å²) in [5.41, 5.74) is -0.170. The number of alkyl halides is 3. The van der Waals surface area contributed by atoms with Gasteiger partial charge >= 0.3 is 6.18 Å². The molecular weight excluding hydrogens is 567 g/mol. The van der Waals surface area contributed by atoms with Crippen LogP contribution in [0.5, 0.6) is 0 Å². The van der Waals surface area contributed by atoms with Gasteiger partial charge in [0.15, 0.2) is 0 Å². The van der Waals surface area contributed by atoms with Gasteiger partial charge in [-0.05, 0) is 64.2 Å². The highest BCUT2D eigenvalue weighted by molar-refractivity contribution is 9.10. The molecule has 0 radical (unpaired) electrons. The molecule has 2 heterocycles. The molecule has 1 aliphatic heterocycles. The Morgan fingerprint density at radius 2 is 1.84 bits per heavy atom. The van der Waals surface area contributed by atoms with Crippen molar-refractivity contribution in [1.29, 1.82) is 0 Å². The second-order valence-corrected chi connectivity index (χ2v) is 11.1. The maximum absolute atomic E-state index is 13.7. The van der Waals surface area contributed by atoms with Gasteiger partial charge in [-0.3, -0.25) is 19.0 Å². The molecule has 0 bridgehead atoms. The molecule has 2 N–H and O–H groups in total. The van der Waals surface area contributed by atoms with Gasteiger partial charge < -0.3 is 15.5 Å². The maximum atomic E-state index is 13.7. The SMILES string of the molecule is CC(=O)N[C@H]1CC[C@@H](n2c(NC(C)C)nc3c(c2=O)CCN(C(=O)c2ccc(Br)c(C(F)(F)F)c2)C3)CC1. The van der Waals surface area contributed by atoms with Gasteiger partial charge in [0.05, 0.1) is 17.8 Å². The Kier molecular flexibility index (Phi) is 8.20. The number of carbonyl (C=O) groups excluding carboxylic acids is 2. The van der Waals surface area contributed by atoms with Crippen molar-refractivity contribution in [2.45, 2.75) is 83.7 Å². The lowest BCUT2D eigenvalue weighted by Crippen LogP contribution is -2.43. The zero-order valence-corrected chi connectivity index (χ0v) is 23.1. The predicted molar refractivity (Wildman–Crippen MR) is 140 cm³/mol. The smallest absolute Gasteiger partial charge is 0.354 e. The Morgan fingerprint density at radius 1 is 1.16 bits per heavy atom. The van der Waals surface area contributed by atoms with Crippen molar-refractivity contribution < 1.29 is 22.8 Å². The molecule has 206 valence electrons. The molecule has 2 aliphatic rings. The number of nitrogens with one attached hydrogen (secondary N) is 2. The third kappa shape index (κ3) is 6.05. The number of aromatic nitrogens is 2. The number of anilines is 1. The zero-order chi connectivity index (χ0) is 27.8. The summed E-state index contributed by atoms with van der Waals surface area (Å²) < 4.78 is 41.7. The van der Waals surface area contributed by atoms with E-state index in [9.17, 15) is 27.6 Å². The number of nitrogens with zero attached hydrogens (tertiary/aromatic N) is 3. The first kappa shape index (κ1) is 28.1. The molecule has 0 atom stereocenters. The third-order valence-corrected chi connectivity index (χ3v) is 7.65. The fourth-order valence-corrected chi connectivity index (χ4v) is 5.67. The third-order valence-electron chi connectivity index (χ3n) is 6.96. The lowest BCUT2D eigenvalue weighted by molar-refractivity contribution is -0.138. The molecular formula is C26H31BrF3N5O3. The molecule has 2 aromatic rings. The molecule has 1 aromatic carbocycles. The summed E-state index contributed by atoms with van der Waals surface area (Å²) in [5, 5.41) is 6.21. The minimum atomic E-state index is -4.60. The number of halogens is 4. The van der Waals surface area contributed by atoms with Crippen LogP contribution >= 0.6 is 15.9 Å². The Bertz CT molecular complexity index is 1290. The molecule has 0 saturated heterocycles. The molecule has 1 saturated carbocycles. The average Bonchev–Trinajstić information content (AvgIpc) is 2.83. The van der Waals surface area contributed by atoms with Gasteiger partial charge in [0.25, 0.3) is 11.5 Å². The Morgan fingerprint density at radius 3 is 2.45 bits per heavy atom. The monoisotopic (exact) mass is 597 g/mol. The van der Waals surface area contributed by atoms with Crippen LogP contribution in [0.3, 0.4) is 0 Å². The summed E-state index contributed by atoms with van der Waals surface area (Å²) in [6.45, 7) is 5.60. The van der Waals surface area contributed by atoms with Crippen molar-refractivity contribution in [2.75, 3.05) is 11.9 Å². The van der Waals surface area contributed by atoms with Crippen LogP contribution in [0, 0.1) is 0 Å². The van der Waals surface area contributed by atoms with Crippen molar-refractivity contribution in [2.24, 2.45) is 0 Å². The number of fused-ring (bicyclic) bond motifs is 1. The molecule has 12 heteroatoms. The van der Waals surface area contributed by atoms with Crippen LogP contribution in [0.15, 0.2) is 27.5 Å². The molecule has 4 rings (SSSR count). The second-order valence-electron chi connectivity index (χ2n) is 10.2. The molecule has 8 nitrogen and oxygen atoms in total. The summed E-state index contributed by atoms with van der Waals surface area (Å²) in [5.74, 6) is -0.196. The highest BCUT2D eigenvalue weighted by Crippen LogP contribution is 2.36. The zero-order valence-electron chi connectivity index (χ0n) is 21.5. The number of benzene rings is 1. The van der Waals surface area contributed by atoms with Crippen LogP contribution in [0.4, 0.5) is 19.1 Å². The number of amides is 2. The van der Waals surface area contributed by atoms with Gasteiger partial charge in [-0.15, -0.1) is 0 Å². The van der Waals surface area contributed by atoms with E-state index in [0.717, 1.165) is 18.9 Å². The van der Waals surface area contributed by atoms with Gasteiger partial charge in [0, 0.05) is 47.2 Å². The van der Waals surface area contributed by atoms with Crippen LogP contribution in [-0.4, -0.2) is 44.9 Å². The fraction of sp³-hybridized carbons (Fsp3) is 0.538. The van der Waals surface area contributed by atoms with Gasteiger partial charge in [0.2, 0.25) is 11.9 Å². The van der Waals surface area contributed by atoms with Crippen LogP contribution in [0.1, 0.15) is 79.7 Å². The van der Waals surface area contributed by atoms with Crippen molar-refractivity contribution in [3.05, 3.63) is 55.4 Å². The quantitative estimate of drug-likeness (QED) is 0.522. The van der Waals surface area contributed by atoms with Crippen LogP contribution in [-0.2, 0) is 23.9 Å². The molecule has 0 spiro atoms. The van der Waals surface area contributed by atoms with Crippen molar-refractivity contribution in [3.63, 3.8) is 0 Å². The standard InChI is InChI=1S/C26H31BrF3N5O3/c1-14(2)31-25-33-22-13-34(23(37)16-4-9-21(27)20(12-16)26(28,29)30)11-10-19(22)24(38)35(25)18-7-5-17(6-8-18)32-15(3)36/h4,9,12,14,17-18H,5-8,10-11,13H2,1-3H3,(H,31,33)(H,32,36)/t17-,18+. The first-order chi connectivity index (χ1) is 17.8. The fourth-order valence-electron chi connectivity index (χ4n) is 5.20. The number of rotatable bonds is 5. The minimum Gasteiger partial charge on any atom is -0.354 e. The topological polar surface area (TPSA) is 96.3 Å². The van der Waals surface area contributed by atoms with Crippen molar-refractivity contribution in [1.82, 2.24) is 19.8 Å². The molecule has 0 unspecified atom stereocenters. The highest BCUT2D eigenvalue weighted by Gasteiger charge is 2.35. The summed E-state index contributed by atoms with van der Waals surface area (Å²) in [6.07, 6.45) is -1.40. The van der Waals surface area contributed by atoms with Gasteiger partial charge in [-0.2, -0.15) is 13.2 Å². The molecule has 1 aliphatic carbocycles. The predicted octanol–water partition coefficient (Wildman–Crippen LogP) is 4.66. The van der Waals surface area contributed by atoms with E-state index >= 15 is 0 Å². The lowest BCUT2D eigenvalue weighted by atomic mass is 9.90.